The summed E-state index contributed by atoms with van der Waals surface area (Å²) in [6.07, 6.45) is 2.14. The Kier molecular flexibility index (Phi) is 3.52. The van der Waals surface area contributed by atoms with E-state index in [1.54, 1.807) is 12.1 Å². The van der Waals surface area contributed by atoms with Crippen molar-refractivity contribution in [2.24, 2.45) is 7.05 Å². The van der Waals surface area contributed by atoms with E-state index in [0.717, 1.165) is 39.0 Å². The van der Waals surface area contributed by atoms with Crippen LogP contribution in [0.5, 0.6) is 0 Å². The van der Waals surface area contributed by atoms with E-state index in [0.29, 0.717) is 12.4 Å². The number of hydrogen-bond donors (Lipinski definition) is 1. The van der Waals surface area contributed by atoms with Crippen LogP contribution < -0.4 is 10.6 Å². The smallest absolute Gasteiger partial charge is 0.261 e. The van der Waals surface area contributed by atoms with Crippen LogP contribution in [-0.2, 0) is 7.05 Å². The van der Waals surface area contributed by atoms with Crippen molar-refractivity contribution < 1.29 is 8.91 Å². The Balaban J connectivity index is 1.72. The van der Waals surface area contributed by atoms with Crippen LogP contribution in [0.2, 0.25) is 0 Å². The molecule has 1 aliphatic rings. The van der Waals surface area contributed by atoms with Crippen LogP contribution in [0.25, 0.3) is 34.0 Å². The van der Waals surface area contributed by atoms with Crippen molar-refractivity contribution in [2.75, 3.05) is 24.2 Å². The van der Waals surface area contributed by atoms with Crippen LogP contribution in [-0.4, -0.2) is 28.3 Å². The highest BCUT2D eigenvalue weighted by atomic mass is 19.1. The van der Waals surface area contributed by atoms with Crippen molar-refractivity contribution in [1.29, 1.82) is 0 Å². The maximum atomic E-state index is 13.7. The van der Waals surface area contributed by atoms with Crippen molar-refractivity contribution in [2.45, 2.75) is 0 Å². The van der Waals surface area contributed by atoms with Crippen molar-refractivity contribution in [3.05, 3.63) is 59.4 Å². The van der Waals surface area contributed by atoms with Crippen LogP contribution >= 0.6 is 0 Å². The molecule has 0 radical (unpaired) electrons. The zero-order valence-electron chi connectivity index (χ0n) is 15.5. The van der Waals surface area contributed by atoms with Crippen molar-refractivity contribution in [1.82, 2.24) is 14.7 Å². The zero-order chi connectivity index (χ0) is 19.4. The molecule has 0 unspecified atom stereocenters. The number of nitrogens with two attached hydrogens (primary N) is 1. The van der Waals surface area contributed by atoms with Crippen LogP contribution in [0.4, 0.5) is 16.2 Å². The van der Waals surface area contributed by atoms with Gasteiger partial charge in [0.2, 0.25) is 0 Å². The first-order valence-electron chi connectivity index (χ1n) is 8.91. The molecule has 140 valence electrons. The number of likely N-dealkylation sites (N-methyl/N-ethyl adjacent to an activating group) is 1. The van der Waals surface area contributed by atoms with Gasteiger partial charge in [-0.05, 0) is 52.7 Å². The molecule has 4 aromatic rings. The number of halogens is 1. The highest BCUT2D eigenvalue weighted by Crippen LogP contribution is 2.40. The van der Waals surface area contributed by atoms with Crippen LogP contribution in [0.1, 0.15) is 11.1 Å². The molecule has 6 nitrogen and oxygen atoms in total. The molecule has 0 saturated carbocycles. The molecule has 3 heterocycles. The van der Waals surface area contributed by atoms with Gasteiger partial charge in [-0.2, -0.15) is 4.98 Å². The largest absolute Gasteiger partial charge is 0.365 e. The number of fused-ring (bicyclic) bond motifs is 3. The van der Waals surface area contributed by atoms with E-state index in [4.69, 9.17) is 10.3 Å². The molecular formula is C21H18FN5O. The molecule has 0 amide bonds. The molecule has 0 bridgehead atoms. The number of nitrogen functional groups attached to an aromatic ring is 1. The monoisotopic (exact) mass is 375 g/mol. The Morgan fingerprint density at radius 1 is 1.11 bits per heavy atom. The lowest BCUT2D eigenvalue weighted by Crippen LogP contribution is -2.25. The standard InChI is InChI=1S/C21H18FN5O/c1-26-11-14(12-4-3-5-15(22)8-12)10-17-16-9-13(19-24-21(23)25-28-19)6-7-18(16)27(2)20(17)26/h3-10H,11H2,1-2H3,(H2,23,25). The van der Waals surface area contributed by atoms with E-state index in [1.807, 2.05) is 38.4 Å². The maximum Gasteiger partial charge on any atom is 0.261 e. The average Bonchev–Trinajstić information content (AvgIpc) is 3.24. The van der Waals surface area contributed by atoms with Gasteiger partial charge < -0.3 is 19.7 Å². The van der Waals surface area contributed by atoms with E-state index in [2.05, 4.69) is 25.7 Å². The molecule has 2 aromatic carbocycles. The van der Waals surface area contributed by atoms with E-state index in [-0.39, 0.29) is 11.8 Å². The van der Waals surface area contributed by atoms with Crippen molar-refractivity contribution >= 4 is 34.3 Å². The molecule has 1 aliphatic heterocycles. The first-order valence-corrected chi connectivity index (χ1v) is 8.91. The lowest BCUT2D eigenvalue weighted by molar-refractivity contribution is 0.433. The normalized spacial score (nSPS) is 13.7. The average molecular weight is 375 g/mol. The predicted molar refractivity (Wildman–Crippen MR) is 108 cm³/mol. The molecule has 7 heteroatoms. The summed E-state index contributed by atoms with van der Waals surface area (Å²) in [5.74, 6) is 1.37. The van der Waals surface area contributed by atoms with E-state index >= 15 is 0 Å². The fourth-order valence-electron chi connectivity index (χ4n) is 3.96. The maximum absolute atomic E-state index is 13.7. The Bertz CT molecular complexity index is 1250. The molecule has 0 aliphatic carbocycles. The number of anilines is 2. The third-order valence-corrected chi connectivity index (χ3v) is 5.18. The zero-order valence-corrected chi connectivity index (χ0v) is 15.5. The van der Waals surface area contributed by atoms with Gasteiger partial charge in [0.25, 0.3) is 11.8 Å². The Morgan fingerprint density at radius 2 is 1.96 bits per heavy atom. The molecule has 0 atom stereocenters. The SMILES string of the molecule is CN1CC(c2cccc(F)c2)=Cc2c1n(C)c1ccc(-c3nc(N)no3)cc21. The molecule has 5 rings (SSSR count). The third-order valence-electron chi connectivity index (χ3n) is 5.18. The second-order valence-electron chi connectivity index (χ2n) is 7.02. The van der Waals surface area contributed by atoms with Crippen LogP contribution in [0.3, 0.4) is 0 Å². The summed E-state index contributed by atoms with van der Waals surface area (Å²) in [6.45, 7) is 0.702. The first kappa shape index (κ1) is 16.6. The highest BCUT2D eigenvalue weighted by Gasteiger charge is 2.24. The number of nitrogens with zero attached hydrogens (tertiary/aromatic N) is 4. The first-order chi connectivity index (χ1) is 13.5. The summed E-state index contributed by atoms with van der Waals surface area (Å²) < 4.78 is 21.1. The summed E-state index contributed by atoms with van der Waals surface area (Å²) in [4.78, 5) is 6.30. The molecular weight excluding hydrogens is 357 g/mol. The number of rotatable bonds is 2. The lowest BCUT2D eigenvalue weighted by atomic mass is 9.98. The second kappa shape index (κ2) is 5.95. The molecule has 0 fully saturated rings. The fourth-order valence-corrected chi connectivity index (χ4v) is 3.96. The lowest BCUT2D eigenvalue weighted by Gasteiger charge is -2.27. The van der Waals surface area contributed by atoms with Gasteiger partial charge in [-0.1, -0.05) is 12.1 Å². The molecule has 0 spiro atoms. The van der Waals surface area contributed by atoms with Gasteiger partial charge in [0.15, 0.2) is 0 Å². The molecule has 2 N–H and O–H groups in total. The Morgan fingerprint density at radius 3 is 2.71 bits per heavy atom. The summed E-state index contributed by atoms with van der Waals surface area (Å²) in [6, 6.07) is 12.7. The number of benzene rings is 2. The summed E-state index contributed by atoms with van der Waals surface area (Å²) >= 11 is 0. The minimum atomic E-state index is -0.235. The third kappa shape index (κ3) is 2.47. The fraction of sp³-hybridized carbons (Fsp3) is 0.143. The van der Waals surface area contributed by atoms with Crippen molar-refractivity contribution in [3.63, 3.8) is 0 Å². The van der Waals surface area contributed by atoms with Gasteiger partial charge in [-0.3, -0.25) is 0 Å². The summed E-state index contributed by atoms with van der Waals surface area (Å²) in [7, 11) is 4.09. The van der Waals surface area contributed by atoms with Gasteiger partial charge in [-0.25, -0.2) is 4.39 Å². The Hall–Kier alpha value is -3.61. The summed E-state index contributed by atoms with van der Waals surface area (Å²) in [5.41, 5.74) is 10.5. The van der Waals surface area contributed by atoms with Gasteiger partial charge in [-0.15, -0.1) is 0 Å². The highest BCUT2D eigenvalue weighted by molar-refractivity contribution is 6.04. The molecule has 0 saturated heterocycles. The molecule has 28 heavy (non-hydrogen) atoms. The van der Waals surface area contributed by atoms with E-state index in [9.17, 15) is 4.39 Å². The van der Waals surface area contributed by atoms with Gasteiger partial charge in [0, 0.05) is 37.2 Å². The predicted octanol–water partition coefficient (Wildman–Crippen LogP) is 3.94. The Labute approximate surface area is 160 Å². The van der Waals surface area contributed by atoms with Gasteiger partial charge in [0.1, 0.15) is 11.6 Å². The minimum Gasteiger partial charge on any atom is -0.365 e. The minimum absolute atomic E-state index is 0.109. The number of aromatic nitrogens is 3. The van der Waals surface area contributed by atoms with Crippen LogP contribution in [0, 0.1) is 5.82 Å². The topological polar surface area (TPSA) is 73.1 Å². The van der Waals surface area contributed by atoms with Gasteiger partial charge in [0.05, 0.1) is 5.52 Å². The van der Waals surface area contributed by atoms with Crippen LogP contribution in [0.15, 0.2) is 47.0 Å². The van der Waals surface area contributed by atoms with Gasteiger partial charge >= 0.3 is 0 Å². The molecule has 2 aromatic heterocycles. The van der Waals surface area contributed by atoms with E-state index in [1.165, 1.54) is 6.07 Å². The number of aryl methyl sites for hydroxylation is 1. The number of hydrogen-bond acceptors (Lipinski definition) is 5. The van der Waals surface area contributed by atoms with Crippen molar-refractivity contribution in [3.8, 4) is 11.5 Å². The van der Waals surface area contributed by atoms with E-state index < -0.39 is 0 Å². The quantitative estimate of drug-likeness (QED) is 0.574. The summed E-state index contributed by atoms with van der Waals surface area (Å²) in [5, 5.41) is 4.73. The second-order valence-corrected chi connectivity index (χ2v) is 7.02.